The van der Waals surface area contributed by atoms with Crippen LogP contribution in [0.2, 0.25) is 0 Å². The van der Waals surface area contributed by atoms with E-state index in [4.69, 9.17) is 10.6 Å². The van der Waals surface area contributed by atoms with Gasteiger partial charge in [-0.15, -0.1) is 0 Å². The number of fused-ring (bicyclic) bond motifs is 7. The van der Waals surface area contributed by atoms with Gasteiger partial charge in [0.1, 0.15) is 0 Å². The van der Waals surface area contributed by atoms with E-state index in [1.807, 2.05) is 0 Å². The SMILES string of the molecule is CON(CCO)C(=O)[C@@]1(C)CC[C@]2(C)CC[C@]3(C)C(=CC(=O)[C@@H]4[C@@]5(C)CC[C@H](N)C(C)(C)C5CC[C@]43C)[C@@H]2C1. The summed E-state index contributed by atoms with van der Waals surface area (Å²) in [7, 11) is 1.50. The van der Waals surface area contributed by atoms with E-state index in [1.165, 1.54) is 17.7 Å². The molecule has 1 unspecified atom stereocenters. The second-order valence-corrected chi connectivity index (χ2v) is 16.0. The van der Waals surface area contributed by atoms with E-state index in [-0.39, 0.29) is 64.0 Å². The quantitative estimate of drug-likeness (QED) is 0.446. The highest BCUT2D eigenvalue weighted by molar-refractivity contribution is 5.95. The van der Waals surface area contributed by atoms with Crippen molar-refractivity contribution < 1.29 is 19.5 Å². The third kappa shape index (κ3) is 3.82. The van der Waals surface area contributed by atoms with E-state index in [1.54, 1.807) is 0 Å². The maximum atomic E-state index is 14.5. The molecule has 0 heterocycles. The van der Waals surface area contributed by atoms with Crippen molar-refractivity contribution in [3.63, 3.8) is 0 Å². The molecule has 9 atom stereocenters. The van der Waals surface area contributed by atoms with Gasteiger partial charge >= 0.3 is 0 Å². The molecule has 0 spiro atoms. The molecule has 4 saturated carbocycles. The molecule has 1 amide bonds. The van der Waals surface area contributed by atoms with Crippen molar-refractivity contribution in [3.8, 4) is 0 Å². The molecule has 5 aliphatic carbocycles. The fourth-order valence-electron chi connectivity index (χ4n) is 11.1. The van der Waals surface area contributed by atoms with Crippen LogP contribution in [0.1, 0.15) is 106 Å². The zero-order valence-electron chi connectivity index (χ0n) is 25.9. The van der Waals surface area contributed by atoms with Gasteiger partial charge in [-0.1, -0.05) is 54.0 Å². The molecule has 5 rings (SSSR count). The second kappa shape index (κ2) is 9.13. The van der Waals surface area contributed by atoms with Crippen LogP contribution in [0.3, 0.4) is 0 Å². The molecule has 0 saturated heterocycles. The number of aliphatic hydroxyl groups excluding tert-OH is 1. The number of ketones is 1. The van der Waals surface area contributed by atoms with E-state index in [0.29, 0.717) is 11.7 Å². The molecular weight excluding hydrogens is 488 g/mol. The number of rotatable bonds is 4. The number of allylic oxidation sites excluding steroid dienone is 2. The number of hydroxylamine groups is 2. The van der Waals surface area contributed by atoms with Crippen LogP contribution in [0.4, 0.5) is 0 Å². The van der Waals surface area contributed by atoms with Crippen LogP contribution in [0, 0.1) is 50.2 Å². The monoisotopic (exact) mass is 542 g/mol. The average Bonchev–Trinajstić information content (AvgIpc) is 2.87. The maximum absolute atomic E-state index is 14.5. The number of aliphatic hydroxyl groups is 1. The minimum Gasteiger partial charge on any atom is -0.394 e. The van der Waals surface area contributed by atoms with E-state index in [0.717, 1.165) is 57.8 Å². The minimum atomic E-state index is -0.581. The molecule has 3 N–H and O–H groups in total. The highest BCUT2D eigenvalue weighted by atomic mass is 16.7. The standard InChI is InChI=1S/C33H54N2O4/c1-28(2)24-9-12-33(7)26(31(24,5)11-10-25(28)34)23(37)19-21-22-20-30(4,27(38)35(39-8)17-18-36)14-13-29(22,3)15-16-32(21,33)6/h19,22,24-26,36H,9-18,20,34H2,1-8H3/t22-,24?,25-,26+,29+,30-,31-,32+,33+/m0/s1. The van der Waals surface area contributed by atoms with Crippen LogP contribution >= 0.6 is 0 Å². The van der Waals surface area contributed by atoms with Gasteiger partial charge in [0.15, 0.2) is 5.78 Å². The number of hydrogen-bond donors (Lipinski definition) is 2. The normalized spacial score (nSPS) is 48.7. The number of carbonyl (C=O) groups excluding carboxylic acids is 2. The third-order valence-corrected chi connectivity index (χ3v) is 14.0. The van der Waals surface area contributed by atoms with Crippen LogP contribution in [0.15, 0.2) is 11.6 Å². The molecule has 6 nitrogen and oxygen atoms in total. The van der Waals surface area contributed by atoms with Crippen LogP contribution < -0.4 is 5.73 Å². The number of nitrogens with zero attached hydrogens (tertiary/aromatic N) is 1. The number of nitrogens with two attached hydrogens (primary N) is 1. The molecule has 0 radical (unpaired) electrons. The first-order valence-corrected chi connectivity index (χ1v) is 15.5. The number of amides is 1. The predicted octanol–water partition coefficient (Wildman–Crippen LogP) is 5.68. The lowest BCUT2D eigenvalue weighted by molar-refractivity contribution is -0.197. The summed E-state index contributed by atoms with van der Waals surface area (Å²) >= 11 is 0. The number of carbonyl (C=O) groups is 2. The molecule has 0 aromatic heterocycles. The minimum absolute atomic E-state index is 0.0128. The van der Waals surface area contributed by atoms with Gasteiger partial charge in [0.2, 0.25) is 0 Å². The summed E-state index contributed by atoms with van der Waals surface area (Å²) in [6.45, 7) is 16.5. The van der Waals surface area contributed by atoms with Crippen LogP contribution in [-0.2, 0) is 14.4 Å². The molecular formula is C33H54N2O4. The summed E-state index contributed by atoms with van der Waals surface area (Å²) in [5.74, 6) is 0.929. The molecule has 0 aromatic rings. The molecule has 0 aliphatic heterocycles. The Morgan fingerprint density at radius 1 is 1.03 bits per heavy atom. The Kier molecular flexibility index (Phi) is 6.85. The Hall–Kier alpha value is -1.24. The predicted molar refractivity (Wildman–Crippen MR) is 153 cm³/mol. The Morgan fingerprint density at radius 3 is 2.33 bits per heavy atom. The van der Waals surface area contributed by atoms with Gasteiger partial charge < -0.3 is 10.8 Å². The number of hydrogen-bond acceptors (Lipinski definition) is 5. The molecule has 0 bridgehead atoms. The van der Waals surface area contributed by atoms with Gasteiger partial charge in [-0.05, 0) is 103 Å². The summed E-state index contributed by atoms with van der Waals surface area (Å²) in [5, 5.41) is 10.8. The highest BCUT2D eigenvalue weighted by Crippen LogP contribution is 2.75. The van der Waals surface area contributed by atoms with E-state index >= 15 is 0 Å². The fourth-order valence-corrected chi connectivity index (χ4v) is 11.1. The summed E-state index contributed by atoms with van der Waals surface area (Å²) in [6.07, 6.45) is 11.0. The van der Waals surface area contributed by atoms with E-state index in [9.17, 15) is 14.7 Å². The highest BCUT2D eigenvalue weighted by Gasteiger charge is 2.70. The first kappa shape index (κ1) is 29.3. The molecule has 4 fully saturated rings. The zero-order valence-corrected chi connectivity index (χ0v) is 25.9. The van der Waals surface area contributed by atoms with Crippen molar-refractivity contribution in [2.75, 3.05) is 20.3 Å². The Bertz CT molecular complexity index is 1070. The fraction of sp³-hybridized carbons (Fsp3) is 0.879. The van der Waals surface area contributed by atoms with Crippen molar-refractivity contribution in [1.29, 1.82) is 0 Å². The zero-order chi connectivity index (χ0) is 28.8. The summed E-state index contributed by atoms with van der Waals surface area (Å²) in [4.78, 5) is 33.6. The van der Waals surface area contributed by atoms with Crippen LogP contribution in [-0.4, -0.2) is 48.2 Å². The van der Waals surface area contributed by atoms with Crippen LogP contribution in [0.5, 0.6) is 0 Å². The van der Waals surface area contributed by atoms with Crippen molar-refractivity contribution in [2.24, 2.45) is 56.0 Å². The Balaban J connectivity index is 1.56. The van der Waals surface area contributed by atoms with Gasteiger partial charge in [0, 0.05) is 17.4 Å². The molecule has 0 aromatic carbocycles. The lowest BCUT2D eigenvalue weighted by Crippen LogP contribution is -2.67. The van der Waals surface area contributed by atoms with Crippen molar-refractivity contribution in [2.45, 2.75) is 112 Å². The summed E-state index contributed by atoms with van der Waals surface area (Å²) < 4.78 is 0. The van der Waals surface area contributed by atoms with Gasteiger partial charge in [-0.25, -0.2) is 5.06 Å². The van der Waals surface area contributed by atoms with E-state index < -0.39 is 5.41 Å². The van der Waals surface area contributed by atoms with Crippen LogP contribution in [0.25, 0.3) is 0 Å². The van der Waals surface area contributed by atoms with Crippen molar-refractivity contribution in [1.82, 2.24) is 5.06 Å². The summed E-state index contributed by atoms with van der Waals surface area (Å²) in [6, 6.07) is 0.186. The van der Waals surface area contributed by atoms with Crippen molar-refractivity contribution in [3.05, 3.63) is 11.6 Å². The molecule has 220 valence electrons. The van der Waals surface area contributed by atoms with E-state index in [2.05, 4.69) is 54.5 Å². The van der Waals surface area contributed by atoms with Gasteiger partial charge in [0.25, 0.3) is 5.91 Å². The molecule has 6 heteroatoms. The van der Waals surface area contributed by atoms with Gasteiger partial charge in [-0.2, -0.15) is 0 Å². The second-order valence-electron chi connectivity index (χ2n) is 16.0. The first-order valence-electron chi connectivity index (χ1n) is 15.5. The topological polar surface area (TPSA) is 92.9 Å². The third-order valence-electron chi connectivity index (χ3n) is 14.0. The lowest BCUT2D eigenvalue weighted by atomic mass is 9.33. The van der Waals surface area contributed by atoms with Gasteiger partial charge in [-0.3, -0.25) is 14.4 Å². The molecule has 5 aliphatic rings. The molecule has 39 heavy (non-hydrogen) atoms. The maximum Gasteiger partial charge on any atom is 0.252 e. The smallest absolute Gasteiger partial charge is 0.252 e. The lowest BCUT2D eigenvalue weighted by Gasteiger charge is -2.70. The summed E-state index contributed by atoms with van der Waals surface area (Å²) in [5.41, 5.74) is 7.31. The Labute approximate surface area is 236 Å². The largest absolute Gasteiger partial charge is 0.394 e. The average molecular weight is 543 g/mol. The van der Waals surface area contributed by atoms with Gasteiger partial charge in [0.05, 0.1) is 20.3 Å². The van der Waals surface area contributed by atoms with Crippen molar-refractivity contribution >= 4 is 11.7 Å². The first-order chi connectivity index (χ1) is 18.0. The Morgan fingerprint density at radius 2 is 1.69 bits per heavy atom.